The largest absolute Gasteiger partial charge is 0.465 e. The number of hydrogen-bond donors (Lipinski definition) is 1. The van der Waals surface area contributed by atoms with Crippen LogP contribution in [0.25, 0.3) is 0 Å². The highest BCUT2D eigenvalue weighted by Crippen LogP contribution is 2.30. The van der Waals surface area contributed by atoms with E-state index < -0.39 is 17.8 Å². The van der Waals surface area contributed by atoms with E-state index in [9.17, 15) is 14.4 Å². The summed E-state index contributed by atoms with van der Waals surface area (Å²) in [6, 6.07) is 13.2. The number of amides is 2. The zero-order chi connectivity index (χ0) is 18.8. The first kappa shape index (κ1) is 18.4. The zero-order valence-electron chi connectivity index (χ0n) is 13.5. The molecule has 26 heavy (non-hydrogen) atoms. The molecule has 0 atom stereocenters. The molecule has 1 aliphatic rings. The van der Waals surface area contributed by atoms with Crippen LogP contribution in [0, 0.1) is 3.57 Å². The molecule has 132 valence electrons. The number of anilines is 2. The first-order valence-electron chi connectivity index (χ1n) is 7.42. The standard InChI is InChI=1S/C18H12ClIN2O4/c1-26-18(25)10-2-6-12(7-3-10)21-15-14(19)16(23)22(17(15)24)13-8-4-11(20)5-9-13/h2-9,21H,1H3. The van der Waals surface area contributed by atoms with E-state index in [1.165, 1.54) is 7.11 Å². The van der Waals surface area contributed by atoms with Crippen molar-refractivity contribution in [2.45, 2.75) is 0 Å². The van der Waals surface area contributed by atoms with E-state index in [2.05, 4.69) is 32.6 Å². The van der Waals surface area contributed by atoms with Gasteiger partial charge in [-0.05, 0) is 71.1 Å². The van der Waals surface area contributed by atoms with Gasteiger partial charge in [-0.1, -0.05) is 11.6 Å². The second kappa shape index (κ2) is 7.46. The highest BCUT2D eigenvalue weighted by Gasteiger charge is 2.38. The molecule has 0 spiro atoms. The minimum Gasteiger partial charge on any atom is -0.465 e. The SMILES string of the molecule is COC(=O)c1ccc(NC2=C(Cl)C(=O)N(c3ccc(I)cc3)C2=O)cc1. The molecule has 0 bridgehead atoms. The van der Waals surface area contributed by atoms with Gasteiger partial charge in [0.1, 0.15) is 10.7 Å². The third-order valence-electron chi connectivity index (χ3n) is 3.69. The Balaban J connectivity index is 1.84. The normalized spacial score (nSPS) is 14.0. The fraction of sp³-hybridized carbons (Fsp3) is 0.0556. The number of rotatable bonds is 4. The Morgan fingerprint density at radius 2 is 1.65 bits per heavy atom. The van der Waals surface area contributed by atoms with E-state index in [1.807, 2.05) is 0 Å². The van der Waals surface area contributed by atoms with E-state index in [4.69, 9.17) is 11.6 Å². The van der Waals surface area contributed by atoms with Crippen LogP contribution in [0.4, 0.5) is 11.4 Å². The van der Waals surface area contributed by atoms with Crippen molar-refractivity contribution in [3.8, 4) is 0 Å². The number of ether oxygens (including phenoxy) is 1. The predicted octanol–water partition coefficient (Wildman–Crippen LogP) is 3.51. The van der Waals surface area contributed by atoms with Crippen molar-refractivity contribution in [3.63, 3.8) is 0 Å². The Morgan fingerprint density at radius 3 is 2.23 bits per heavy atom. The van der Waals surface area contributed by atoms with Gasteiger partial charge in [-0.25, -0.2) is 9.69 Å². The monoisotopic (exact) mass is 482 g/mol. The van der Waals surface area contributed by atoms with Crippen molar-refractivity contribution < 1.29 is 19.1 Å². The van der Waals surface area contributed by atoms with Gasteiger partial charge >= 0.3 is 5.97 Å². The number of esters is 1. The molecule has 1 aliphatic heterocycles. The van der Waals surface area contributed by atoms with E-state index in [1.54, 1.807) is 48.5 Å². The Hall–Kier alpha value is -2.39. The zero-order valence-corrected chi connectivity index (χ0v) is 16.4. The van der Waals surface area contributed by atoms with Crippen LogP contribution in [0.1, 0.15) is 10.4 Å². The lowest BCUT2D eigenvalue weighted by atomic mass is 10.2. The number of nitrogens with zero attached hydrogens (tertiary/aromatic N) is 1. The summed E-state index contributed by atoms with van der Waals surface area (Å²) < 4.78 is 5.61. The lowest BCUT2D eigenvalue weighted by molar-refractivity contribution is -0.120. The molecule has 2 aromatic rings. The molecule has 0 saturated carbocycles. The van der Waals surface area contributed by atoms with Crippen LogP contribution in [-0.2, 0) is 14.3 Å². The number of carbonyl (C=O) groups is 3. The number of carbonyl (C=O) groups excluding carboxylic acids is 3. The van der Waals surface area contributed by atoms with Crippen molar-refractivity contribution >= 4 is 63.4 Å². The highest BCUT2D eigenvalue weighted by molar-refractivity contribution is 14.1. The first-order chi connectivity index (χ1) is 12.4. The lowest BCUT2D eigenvalue weighted by Gasteiger charge is -2.15. The maximum absolute atomic E-state index is 12.7. The quantitative estimate of drug-likeness (QED) is 0.410. The van der Waals surface area contributed by atoms with E-state index >= 15 is 0 Å². The van der Waals surface area contributed by atoms with Crippen LogP contribution < -0.4 is 10.2 Å². The Kier molecular flexibility index (Phi) is 5.28. The number of imide groups is 1. The van der Waals surface area contributed by atoms with Gasteiger partial charge in [0.25, 0.3) is 11.8 Å². The van der Waals surface area contributed by atoms with Gasteiger partial charge in [-0.3, -0.25) is 9.59 Å². The molecule has 0 aromatic heterocycles. The van der Waals surface area contributed by atoms with Crippen LogP contribution in [0.2, 0.25) is 0 Å². The predicted molar refractivity (Wildman–Crippen MR) is 106 cm³/mol. The number of halogens is 2. The van der Waals surface area contributed by atoms with E-state index in [0.29, 0.717) is 16.9 Å². The third kappa shape index (κ3) is 3.45. The Morgan fingerprint density at radius 1 is 1.04 bits per heavy atom. The molecule has 0 aliphatic carbocycles. The number of methoxy groups -OCH3 is 1. The molecule has 0 radical (unpaired) electrons. The maximum atomic E-state index is 12.7. The summed E-state index contributed by atoms with van der Waals surface area (Å²) >= 11 is 8.22. The molecule has 8 heteroatoms. The minimum atomic E-state index is -0.591. The Bertz CT molecular complexity index is 923. The van der Waals surface area contributed by atoms with Gasteiger partial charge in [0, 0.05) is 9.26 Å². The van der Waals surface area contributed by atoms with Crippen molar-refractivity contribution in [2.24, 2.45) is 0 Å². The molecule has 1 heterocycles. The van der Waals surface area contributed by atoms with E-state index in [0.717, 1.165) is 8.47 Å². The van der Waals surface area contributed by atoms with Crippen molar-refractivity contribution in [2.75, 3.05) is 17.3 Å². The summed E-state index contributed by atoms with van der Waals surface area (Å²) in [5.74, 6) is -1.60. The van der Waals surface area contributed by atoms with Crippen LogP contribution in [0.3, 0.4) is 0 Å². The fourth-order valence-electron chi connectivity index (χ4n) is 2.39. The molecular formula is C18H12ClIN2O4. The molecule has 6 nitrogen and oxygen atoms in total. The topological polar surface area (TPSA) is 75.7 Å². The summed E-state index contributed by atoms with van der Waals surface area (Å²) in [4.78, 5) is 37.5. The van der Waals surface area contributed by atoms with Crippen LogP contribution in [-0.4, -0.2) is 24.9 Å². The fourth-order valence-corrected chi connectivity index (χ4v) is 2.96. The average molecular weight is 483 g/mol. The van der Waals surface area contributed by atoms with E-state index in [-0.39, 0.29) is 10.7 Å². The summed E-state index contributed by atoms with van der Waals surface area (Å²) in [7, 11) is 1.29. The molecule has 1 N–H and O–H groups in total. The van der Waals surface area contributed by atoms with Gasteiger partial charge in [-0.15, -0.1) is 0 Å². The molecule has 0 unspecified atom stereocenters. The van der Waals surface area contributed by atoms with Crippen molar-refractivity contribution in [1.82, 2.24) is 0 Å². The minimum absolute atomic E-state index is 0.0129. The van der Waals surface area contributed by atoms with Crippen LogP contribution in [0.5, 0.6) is 0 Å². The number of nitrogens with one attached hydrogen (secondary N) is 1. The molecule has 2 aromatic carbocycles. The van der Waals surface area contributed by atoms with Crippen LogP contribution in [0.15, 0.2) is 59.3 Å². The van der Waals surface area contributed by atoms with Gasteiger partial charge in [-0.2, -0.15) is 0 Å². The maximum Gasteiger partial charge on any atom is 0.337 e. The second-order valence-electron chi connectivity index (χ2n) is 5.31. The van der Waals surface area contributed by atoms with Gasteiger partial charge in [0.15, 0.2) is 0 Å². The lowest BCUT2D eigenvalue weighted by Crippen LogP contribution is -2.32. The molecule has 0 saturated heterocycles. The molecular weight excluding hydrogens is 471 g/mol. The number of benzene rings is 2. The summed E-state index contributed by atoms with van der Waals surface area (Å²) in [5, 5.41) is 2.66. The third-order valence-corrected chi connectivity index (χ3v) is 4.76. The van der Waals surface area contributed by atoms with Crippen LogP contribution >= 0.6 is 34.2 Å². The first-order valence-corrected chi connectivity index (χ1v) is 8.87. The molecule has 3 rings (SSSR count). The Labute approximate surface area is 167 Å². The molecule has 0 fully saturated rings. The smallest absolute Gasteiger partial charge is 0.337 e. The summed E-state index contributed by atoms with van der Waals surface area (Å²) in [6.45, 7) is 0. The van der Waals surface area contributed by atoms with Crippen molar-refractivity contribution in [1.29, 1.82) is 0 Å². The highest BCUT2D eigenvalue weighted by atomic mass is 127. The van der Waals surface area contributed by atoms with Gasteiger partial charge in [0.05, 0.1) is 18.4 Å². The second-order valence-corrected chi connectivity index (χ2v) is 6.93. The number of hydrogen-bond acceptors (Lipinski definition) is 5. The van der Waals surface area contributed by atoms with Crippen molar-refractivity contribution in [3.05, 3.63) is 68.4 Å². The summed E-state index contributed by atoms with van der Waals surface area (Å²) in [5.41, 5.74) is 1.31. The van der Waals surface area contributed by atoms with Gasteiger partial charge < -0.3 is 10.1 Å². The summed E-state index contributed by atoms with van der Waals surface area (Å²) in [6.07, 6.45) is 0. The average Bonchev–Trinajstić information content (AvgIpc) is 2.86. The molecule has 2 amide bonds. The van der Waals surface area contributed by atoms with Gasteiger partial charge in [0.2, 0.25) is 0 Å².